The molecule has 0 fully saturated rings. The molecule has 1 rings (SSSR count). The second kappa shape index (κ2) is 3.92. The van der Waals surface area contributed by atoms with E-state index in [1.165, 1.54) is 19.4 Å². The number of hydrogen-bond donors (Lipinski definition) is 0. The Balaban J connectivity index is 3.20. The number of ether oxygens (including phenoxy) is 1. The summed E-state index contributed by atoms with van der Waals surface area (Å²) in [5.41, 5.74) is 0.580. The lowest BCUT2D eigenvalue weighted by Crippen LogP contribution is -2.03. The minimum Gasteiger partial charge on any atom is -0.465 e. The van der Waals surface area contributed by atoms with Crippen LogP contribution in [0.5, 0.6) is 0 Å². The molecule has 0 radical (unpaired) electrons. The van der Waals surface area contributed by atoms with E-state index in [1.807, 2.05) is 0 Å². The molecular weight excluding hydrogens is 190 g/mol. The second-order valence-electron chi connectivity index (χ2n) is 2.19. The maximum absolute atomic E-state index is 11.1. The van der Waals surface area contributed by atoms with E-state index >= 15 is 0 Å². The van der Waals surface area contributed by atoms with Gasteiger partial charge >= 0.3 is 5.97 Å². The quantitative estimate of drug-likeness (QED) is 0.504. The molecule has 1 heterocycles. The molecule has 0 amide bonds. The van der Waals surface area contributed by atoms with Crippen LogP contribution in [0.2, 0.25) is 5.02 Å². The number of esters is 1. The first-order valence-electron chi connectivity index (χ1n) is 3.39. The number of carbonyl (C=O) groups is 1. The van der Waals surface area contributed by atoms with Crippen LogP contribution in [0.25, 0.3) is 0 Å². The number of hydrogen-bond acceptors (Lipinski definition) is 3. The fraction of sp³-hybridized carbons (Fsp3) is 0.111. The standard InChI is InChI=1S/C9H6ClNO2/c1-3-6-4-7(9(12)13-2)8(10)5-11-6/h1,4-5H,2H3. The van der Waals surface area contributed by atoms with Gasteiger partial charge in [-0.15, -0.1) is 6.42 Å². The van der Waals surface area contributed by atoms with E-state index in [9.17, 15) is 4.79 Å². The number of terminal acetylenes is 1. The van der Waals surface area contributed by atoms with Gasteiger partial charge in [-0.05, 0) is 6.07 Å². The Hall–Kier alpha value is -1.53. The van der Waals surface area contributed by atoms with Crippen molar-refractivity contribution < 1.29 is 9.53 Å². The molecule has 0 saturated carbocycles. The number of halogens is 1. The van der Waals surface area contributed by atoms with E-state index in [2.05, 4.69) is 15.6 Å². The van der Waals surface area contributed by atoms with E-state index in [4.69, 9.17) is 18.0 Å². The monoisotopic (exact) mass is 195 g/mol. The average molecular weight is 196 g/mol. The van der Waals surface area contributed by atoms with Crippen molar-refractivity contribution in [2.24, 2.45) is 0 Å². The van der Waals surface area contributed by atoms with Crippen molar-refractivity contribution in [2.45, 2.75) is 0 Å². The molecule has 0 N–H and O–H groups in total. The van der Waals surface area contributed by atoms with Crippen molar-refractivity contribution in [3.63, 3.8) is 0 Å². The van der Waals surface area contributed by atoms with E-state index < -0.39 is 5.97 Å². The van der Waals surface area contributed by atoms with E-state index in [1.54, 1.807) is 0 Å². The first kappa shape index (κ1) is 9.56. The van der Waals surface area contributed by atoms with Gasteiger partial charge in [0, 0.05) is 6.20 Å². The van der Waals surface area contributed by atoms with Gasteiger partial charge in [-0.3, -0.25) is 0 Å². The van der Waals surface area contributed by atoms with E-state index in [-0.39, 0.29) is 10.6 Å². The molecule has 0 aliphatic heterocycles. The minimum atomic E-state index is -0.524. The Kier molecular flexibility index (Phi) is 2.88. The molecule has 1 aromatic heterocycles. The molecule has 0 bridgehead atoms. The molecule has 0 saturated heterocycles. The number of nitrogens with zero attached hydrogens (tertiary/aromatic N) is 1. The molecule has 0 spiro atoms. The molecule has 0 aliphatic rings. The number of aromatic nitrogens is 1. The zero-order chi connectivity index (χ0) is 9.84. The minimum absolute atomic E-state index is 0.228. The summed E-state index contributed by atoms with van der Waals surface area (Å²) >= 11 is 5.69. The molecule has 0 aliphatic carbocycles. The summed E-state index contributed by atoms with van der Waals surface area (Å²) in [5.74, 6) is 1.77. The van der Waals surface area contributed by atoms with Crippen LogP contribution in [0.3, 0.4) is 0 Å². The normalized spacial score (nSPS) is 9.00. The smallest absolute Gasteiger partial charge is 0.339 e. The van der Waals surface area contributed by atoms with Crippen molar-refractivity contribution in [3.05, 3.63) is 28.5 Å². The van der Waals surface area contributed by atoms with Gasteiger partial charge in [-0.25, -0.2) is 9.78 Å². The first-order chi connectivity index (χ1) is 6.19. The van der Waals surface area contributed by atoms with Crippen LogP contribution in [0, 0.1) is 12.3 Å². The SMILES string of the molecule is C#Cc1cc(C(=O)OC)c(Cl)cn1. The van der Waals surface area contributed by atoms with Crippen LogP contribution in [0.4, 0.5) is 0 Å². The van der Waals surface area contributed by atoms with Gasteiger partial charge in [0.15, 0.2) is 0 Å². The second-order valence-corrected chi connectivity index (χ2v) is 2.59. The third kappa shape index (κ3) is 1.98. The summed E-state index contributed by atoms with van der Waals surface area (Å²) in [6.45, 7) is 0. The highest BCUT2D eigenvalue weighted by Gasteiger charge is 2.11. The average Bonchev–Trinajstić information content (AvgIpc) is 2.17. The predicted octanol–water partition coefficient (Wildman–Crippen LogP) is 1.50. The van der Waals surface area contributed by atoms with Gasteiger partial charge in [0.25, 0.3) is 0 Å². The van der Waals surface area contributed by atoms with Crippen LogP contribution in [0.1, 0.15) is 16.1 Å². The third-order valence-corrected chi connectivity index (χ3v) is 1.71. The van der Waals surface area contributed by atoms with Crippen molar-refractivity contribution >= 4 is 17.6 Å². The summed E-state index contributed by atoms with van der Waals surface area (Å²) < 4.78 is 4.50. The molecule has 3 nitrogen and oxygen atoms in total. The zero-order valence-corrected chi connectivity index (χ0v) is 7.63. The highest BCUT2D eigenvalue weighted by atomic mass is 35.5. The molecular formula is C9H6ClNO2. The van der Waals surface area contributed by atoms with Gasteiger partial charge in [0.2, 0.25) is 0 Å². The maximum Gasteiger partial charge on any atom is 0.339 e. The molecule has 66 valence electrons. The lowest BCUT2D eigenvalue weighted by Gasteiger charge is -2.01. The Morgan fingerprint density at radius 3 is 3.00 bits per heavy atom. The summed E-state index contributed by atoms with van der Waals surface area (Å²) in [6.07, 6.45) is 6.43. The highest BCUT2D eigenvalue weighted by Crippen LogP contribution is 2.15. The molecule has 4 heteroatoms. The lowest BCUT2D eigenvalue weighted by molar-refractivity contribution is 0.0601. The zero-order valence-electron chi connectivity index (χ0n) is 6.87. The van der Waals surface area contributed by atoms with Crippen molar-refractivity contribution in [1.82, 2.24) is 4.98 Å². The number of methoxy groups -OCH3 is 1. The molecule has 0 unspecified atom stereocenters. The van der Waals surface area contributed by atoms with Crippen LogP contribution in [-0.2, 0) is 4.74 Å². The summed E-state index contributed by atoms with van der Waals surface area (Å²) in [5, 5.41) is 0.228. The number of rotatable bonds is 1. The molecule has 13 heavy (non-hydrogen) atoms. The van der Waals surface area contributed by atoms with Crippen LogP contribution < -0.4 is 0 Å². The Bertz CT molecular complexity index is 382. The topological polar surface area (TPSA) is 39.2 Å². The first-order valence-corrected chi connectivity index (χ1v) is 3.77. The van der Waals surface area contributed by atoms with Crippen molar-refractivity contribution in [1.29, 1.82) is 0 Å². The van der Waals surface area contributed by atoms with Crippen LogP contribution in [0.15, 0.2) is 12.3 Å². The summed E-state index contributed by atoms with van der Waals surface area (Å²) in [6, 6.07) is 1.41. The van der Waals surface area contributed by atoms with E-state index in [0.717, 1.165) is 0 Å². The van der Waals surface area contributed by atoms with Crippen LogP contribution >= 0.6 is 11.6 Å². The third-order valence-electron chi connectivity index (χ3n) is 1.41. The number of pyridine rings is 1. The van der Waals surface area contributed by atoms with Crippen molar-refractivity contribution in [2.75, 3.05) is 7.11 Å². The fourth-order valence-electron chi connectivity index (χ4n) is 0.784. The molecule has 0 aromatic carbocycles. The Morgan fingerprint density at radius 2 is 2.46 bits per heavy atom. The van der Waals surface area contributed by atoms with Gasteiger partial charge in [-0.1, -0.05) is 17.5 Å². The number of carbonyl (C=O) groups excluding carboxylic acids is 1. The van der Waals surface area contributed by atoms with Gasteiger partial charge in [-0.2, -0.15) is 0 Å². The lowest BCUT2D eigenvalue weighted by atomic mass is 10.2. The van der Waals surface area contributed by atoms with Gasteiger partial charge in [0.05, 0.1) is 17.7 Å². The maximum atomic E-state index is 11.1. The van der Waals surface area contributed by atoms with E-state index in [0.29, 0.717) is 5.69 Å². The predicted molar refractivity (Wildman–Crippen MR) is 48.5 cm³/mol. The Morgan fingerprint density at radius 1 is 1.77 bits per heavy atom. The van der Waals surface area contributed by atoms with Gasteiger partial charge in [0.1, 0.15) is 5.69 Å². The van der Waals surface area contributed by atoms with Crippen molar-refractivity contribution in [3.8, 4) is 12.3 Å². The van der Waals surface area contributed by atoms with Gasteiger partial charge < -0.3 is 4.74 Å². The highest BCUT2D eigenvalue weighted by molar-refractivity contribution is 6.33. The largest absolute Gasteiger partial charge is 0.465 e. The summed E-state index contributed by atoms with van der Waals surface area (Å²) in [4.78, 5) is 14.9. The molecule has 0 atom stereocenters. The Labute approximate surface area is 80.7 Å². The summed E-state index contributed by atoms with van der Waals surface area (Å²) in [7, 11) is 1.27. The molecule has 1 aromatic rings. The fourth-order valence-corrected chi connectivity index (χ4v) is 0.965. The van der Waals surface area contributed by atoms with Crippen LogP contribution in [-0.4, -0.2) is 18.1 Å².